The lowest BCUT2D eigenvalue weighted by Gasteiger charge is -2.05. The Balaban J connectivity index is 1.53. The Morgan fingerprint density at radius 3 is 2.48 bits per heavy atom. The smallest absolute Gasteiger partial charge is 0.271 e. The fourth-order valence-corrected chi connectivity index (χ4v) is 3.26. The van der Waals surface area contributed by atoms with Crippen molar-refractivity contribution < 1.29 is 9.53 Å². The highest BCUT2D eigenvalue weighted by Crippen LogP contribution is 2.21. The van der Waals surface area contributed by atoms with Gasteiger partial charge in [-0.3, -0.25) is 4.79 Å². The van der Waals surface area contributed by atoms with Gasteiger partial charge in [-0.1, -0.05) is 48.5 Å². The molecule has 0 bridgehead atoms. The number of aromatic nitrogens is 1. The van der Waals surface area contributed by atoms with E-state index in [1.807, 2.05) is 30.3 Å². The van der Waals surface area contributed by atoms with Crippen molar-refractivity contribution in [1.82, 2.24) is 9.99 Å². The van der Waals surface area contributed by atoms with E-state index >= 15 is 0 Å². The Labute approximate surface area is 169 Å². The van der Waals surface area contributed by atoms with Crippen molar-refractivity contribution in [1.29, 1.82) is 0 Å². The molecule has 0 fully saturated rings. The highest BCUT2D eigenvalue weighted by Gasteiger charge is 2.08. The number of nitrogens with zero attached hydrogens (tertiary/aromatic N) is 2. The van der Waals surface area contributed by atoms with Crippen molar-refractivity contribution in [3.63, 3.8) is 0 Å². The van der Waals surface area contributed by atoms with Crippen LogP contribution < -0.4 is 10.2 Å². The SMILES string of the molecule is COc1ccc(C(=O)N/N=C\c2cn(Cc3ccccc3)c3ccccc23)cc1. The molecule has 5 heteroatoms. The largest absolute Gasteiger partial charge is 0.497 e. The zero-order valence-electron chi connectivity index (χ0n) is 16.1. The molecule has 0 atom stereocenters. The predicted molar refractivity (Wildman–Crippen MR) is 116 cm³/mol. The Bertz CT molecular complexity index is 1150. The highest BCUT2D eigenvalue weighted by atomic mass is 16.5. The first-order chi connectivity index (χ1) is 14.2. The van der Waals surface area contributed by atoms with Crippen molar-refractivity contribution in [2.24, 2.45) is 5.10 Å². The first-order valence-corrected chi connectivity index (χ1v) is 9.34. The zero-order valence-corrected chi connectivity index (χ0v) is 16.1. The lowest BCUT2D eigenvalue weighted by molar-refractivity contribution is 0.0955. The van der Waals surface area contributed by atoms with Crippen LogP contribution in [0.4, 0.5) is 0 Å². The maximum absolute atomic E-state index is 12.3. The van der Waals surface area contributed by atoms with Gasteiger partial charge in [0.1, 0.15) is 5.75 Å². The van der Waals surface area contributed by atoms with E-state index in [4.69, 9.17) is 4.74 Å². The van der Waals surface area contributed by atoms with Gasteiger partial charge in [-0.05, 0) is 35.9 Å². The van der Waals surface area contributed by atoms with Crippen molar-refractivity contribution in [3.8, 4) is 5.75 Å². The summed E-state index contributed by atoms with van der Waals surface area (Å²) in [5.74, 6) is 0.438. The number of ether oxygens (including phenoxy) is 1. The fraction of sp³-hybridized carbons (Fsp3) is 0.0833. The van der Waals surface area contributed by atoms with Crippen LogP contribution in [0.1, 0.15) is 21.5 Å². The molecular weight excluding hydrogens is 362 g/mol. The molecule has 4 aromatic rings. The first-order valence-electron chi connectivity index (χ1n) is 9.34. The van der Waals surface area contributed by atoms with E-state index < -0.39 is 0 Å². The summed E-state index contributed by atoms with van der Waals surface area (Å²) in [6.07, 6.45) is 3.74. The Morgan fingerprint density at radius 1 is 1.00 bits per heavy atom. The molecule has 1 aromatic heterocycles. The van der Waals surface area contributed by atoms with Crippen LogP contribution in [0.5, 0.6) is 5.75 Å². The molecule has 5 nitrogen and oxygen atoms in total. The van der Waals surface area contributed by atoms with Crippen LogP contribution in [-0.4, -0.2) is 23.8 Å². The number of fused-ring (bicyclic) bond motifs is 1. The number of hydrazone groups is 1. The quantitative estimate of drug-likeness (QED) is 0.395. The van der Waals surface area contributed by atoms with E-state index in [0.717, 1.165) is 23.0 Å². The van der Waals surface area contributed by atoms with Gasteiger partial charge in [0.25, 0.3) is 5.91 Å². The average molecular weight is 383 g/mol. The summed E-state index contributed by atoms with van der Waals surface area (Å²) in [6, 6.07) is 25.4. The molecular formula is C24H21N3O2. The number of hydrogen-bond donors (Lipinski definition) is 1. The first kappa shape index (κ1) is 18.5. The number of hydrogen-bond acceptors (Lipinski definition) is 3. The summed E-state index contributed by atoms with van der Waals surface area (Å²) in [7, 11) is 1.59. The van der Waals surface area contributed by atoms with Gasteiger partial charge in [0, 0.05) is 34.8 Å². The molecule has 3 aromatic carbocycles. The molecule has 4 rings (SSSR count). The molecule has 1 N–H and O–H groups in total. The molecule has 144 valence electrons. The number of nitrogens with one attached hydrogen (secondary N) is 1. The van der Waals surface area contributed by atoms with Crippen LogP contribution in [-0.2, 0) is 6.54 Å². The third-order valence-corrected chi connectivity index (χ3v) is 4.74. The molecule has 0 unspecified atom stereocenters. The number of carbonyl (C=O) groups is 1. The van der Waals surface area contributed by atoms with Gasteiger partial charge in [0.15, 0.2) is 0 Å². The monoisotopic (exact) mass is 383 g/mol. The predicted octanol–water partition coefficient (Wildman–Crippen LogP) is 4.46. The van der Waals surface area contributed by atoms with Gasteiger partial charge in [-0.2, -0.15) is 5.10 Å². The van der Waals surface area contributed by atoms with Crippen LogP contribution in [0, 0.1) is 0 Å². The van der Waals surface area contributed by atoms with Crippen LogP contribution in [0.3, 0.4) is 0 Å². The van der Waals surface area contributed by atoms with Crippen LogP contribution in [0.25, 0.3) is 10.9 Å². The van der Waals surface area contributed by atoms with Gasteiger partial charge >= 0.3 is 0 Å². The minimum absolute atomic E-state index is 0.267. The van der Waals surface area contributed by atoms with Gasteiger partial charge in [0.2, 0.25) is 0 Å². The number of para-hydroxylation sites is 1. The zero-order chi connectivity index (χ0) is 20.1. The summed E-state index contributed by atoms with van der Waals surface area (Å²) in [5.41, 5.74) is 6.41. The van der Waals surface area contributed by atoms with E-state index in [2.05, 4.69) is 45.6 Å². The topological polar surface area (TPSA) is 55.6 Å². The van der Waals surface area contributed by atoms with Crippen molar-refractivity contribution in [2.75, 3.05) is 7.11 Å². The number of methoxy groups -OCH3 is 1. The molecule has 0 spiro atoms. The van der Waals surface area contributed by atoms with Gasteiger partial charge in [-0.15, -0.1) is 0 Å². The molecule has 1 amide bonds. The summed E-state index contributed by atoms with van der Waals surface area (Å²) in [6.45, 7) is 0.771. The maximum Gasteiger partial charge on any atom is 0.271 e. The lowest BCUT2D eigenvalue weighted by Crippen LogP contribution is -2.17. The molecule has 0 radical (unpaired) electrons. The standard InChI is InChI=1S/C24H21N3O2/c1-29-21-13-11-19(12-14-21)24(28)26-25-15-20-17-27(16-18-7-3-2-4-8-18)23-10-6-5-9-22(20)23/h2-15,17H,16H2,1H3,(H,26,28)/b25-15-. The average Bonchev–Trinajstić information content (AvgIpc) is 3.12. The maximum atomic E-state index is 12.3. The van der Waals surface area contributed by atoms with Crippen LogP contribution in [0.2, 0.25) is 0 Å². The van der Waals surface area contributed by atoms with Crippen molar-refractivity contribution in [2.45, 2.75) is 6.54 Å². The number of benzene rings is 3. The van der Waals surface area contributed by atoms with E-state index in [0.29, 0.717) is 11.3 Å². The third-order valence-electron chi connectivity index (χ3n) is 4.74. The fourth-order valence-electron chi connectivity index (χ4n) is 3.26. The molecule has 29 heavy (non-hydrogen) atoms. The van der Waals surface area contributed by atoms with Gasteiger partial charge in [-0.25, -0.2) is 5.43 Å². The number of amides is 1. The molecule has 1 heterocycles. The molecule has 0 saturated carbocycles. The minimum atomic E-state index is -0.267. The summed E-state index contributed by atoms with van der Waals surface area (Å²) >= 11 is 0. The normalized spacial score (nSPS) is 11.1. The Hall–Kier alpha value is -3.86. The number of carbonyl (C=O) groups excluding carboxylic acids is 1. The lowest BCUT2D eigenvalue weighted by atomic mass is 10.2. The van der Waals surface area contributed by atoms with Gasteiger partial charge < -0.3 is 9.30 Å². The van der Waals surface area contributed by atoms with Crippen molar-refractivity contribution in [3.05, 3.63) is 102 Å². The van der Waals surface area contributed by atoms with Gasteiger partial charge in [0.05, 0.1) is 13.3 Å². The third kappa shape index (κ3) is 4.19. The summed E-state index contributed by atoms with van der Waals surface area (Å²) < 4.78 is 7.30. The van der Waals surface area contributed by atoms with Crippen LogP contribution >= 0.6 is 0 Å². The highest BCUT2D eigenvalue weighted by molar-refractivity contribution is 6.00. The second kappa shape index (κ2) is 8.44. The second-order valence-electron chi connectivity index (χ2n) is 6.64. The Kier molecular flexibility index (Phi) is 5.38. The van der Waals surface area contributed by atoms with E-state index in [1.54, 1.807) is 37.6 Å². The molecule has 0 aliphatic carbocycles. The Morgan fingerprint density at radius 2 is 1.72 bits per heavy atom. The van der Waals surface area contributed by atoms with E-state index in [9.17, 15) is 4.79 Å². The molecule has 0 saturated heterocycles. The minimum Gasteiger partial charge on any atom is -0.497 e. The van der Waals surface area contributed by atoms with Crippen LogP contribution in [0.15, 0.2) is 90.2 Å². The van der Waals surface area contributed by atoms with E-state index in [1.165, 1.54) is 5.56 Å². The second-order valence-corrected chi connectivity index (χ2v) is 6.64. The summed E-state index contributed by atoms with van der Waals surface area (Å²) in [4.78, 5) is 12.3. The number of rotatable bonds is 6. The van der Waals surface area contributed by atoms with Crippen molar-refractivity contribution >= 4 is 23.0 Å². The molecule has 0 aliphatic heterocycles. The summed E-state index contributed by atoms with van der Waals surface area (Å²) in [5, 5.41) is 5.25. The van der Waals surface area contributed by atoms with E-state index in [-0.39, 0.29) is 5.91 Å². The molecule has 0 aliphatic rings.